The number of rotatable bonds is 8. The molecule has 0 spiro atoms. The molecule has 11 nitrogen and oxygen atoms in total. The molecule has 1 heterocycles. The van der Waals surface area contributed by atoms with Crippen LogP contribution in [0, 0.1) is 10.1 Å². The second kappa shape index (κ2) is 11.3. The van der Waals surface area contributed by atoms with E-state index in [4.69, 9.17) is 9.47 Å². The third kappa shape index (κ3) is 6.14. The average Bonchev–Trinajstić information content (AvgIpc) is 3.18. The number of hydrogen-bond acceptors (Lipinski definition) is 11. The first-order valence-electron chi connectivity index (χ1n) is 9.42. The largest absolute Gasteiger partial charge is 0.497 e. The Balaban J connectivity index is 1.90. The predicted molar refractivity (Wildman–Crippen MR) is 128 cm³/mol. The number of benzene rings is 2. The van der Waals surface area contributed by atoms with Gasteiger partial charge in [0, 0.05) is 28.7 Å². The Morgan fingerprint density at radius 1 is 1.15 bits per heavy atom. The summed E-state index contributed by atoms with van der Waals surface area (Å²) in [5, 5.41) is 21.8. The van der Waals surface area contributed by atoms with Gasteiger partial charge >= 0.3 is 5.97 Å². The zero-order valence-electron chi connectivity index (χ0n) is 18.1. The Hall–Kier alpha value is -3.84. The van der Waals surface area contributed by atoms with Crippen LogP contribution in [-0.2, 0) is 14.3 Å². The van der Waals surface area contributed by atoms with Gasteiger partial charge in [0.25, 0.3) is 11.6 Å². The van der Waals surface area contributed by atoms with E-state index in [1.54, 1.807) is 31.4 Å². The van der Waals surface area contributed by atoms with Crippen molar-refractivity contribution in [3.05, 3.63) is 63.1 Å². The minimum Gasteiger partial charge on any atom is -0.497 e. The van der Waals surface area contributed by atoms with Crippen molar-refractivity contribution >= 4 is 52.5 Å². The highest BCUT2D eigenvalue weighted by Gasteiger charge is 2.25. The van der Waals surface area contributed by atoms with E-state index < -0.39 is 16.8 Å². The third-order valence-electron chi connectivity index (χ3n) is 4.24. The number of amides is 1. The van der Waals surface area contributed by atoms with Crippen molar-refractivity contribution in [1.82, 2.24) is 5.32 Å². The number of ether oxygens (including phenoxy) is 3. The Morgan fingerprint density at radius 2 is 1.94 bits per heavy atom. The molecule has 1 fully saturated rings. The van der Waals surface area contributed by atoms with Gasteiger partial charge in [0.1, 0.15) is 11.5 Å². The standard InChI is InChI=1S/C21H18N4O7S2/c1-30-14-5-6-15(31-2)17(9-14)33-16-7-4-13(25(28)29)8-12(16)11-22-24-21-23-20(27)18(34-21)10-19(26)32-3/h4-11H,1-3H3,(H,23,24,27)/b18-10+,22-11?. The molecule has 1 saturated heterocycles. The first-order chi connectivity index (χ1) is 16.3. The summed E-state index contributed by atoms with van der Waals surface area (Å²) >= 11 is 2.22. The van der Waals surface area contributed by atoms with Gasteiger partial charge in [0.05, 0.1) is 42.3 Å². The maximum atomic E-state index is 11.9. The lowest BCUT2D eigenvalue weighted by molar-refractivity contribution is -0.384. The average molecular weight is 503 g/mol. The van der Waals surface area contributed by atoms with Crippen LogP contribution in [-0.4, -0.2) is 49.5 Å². The van der Waals surface area contributed by atoms with Gasteiger partial charge in [-0.05, 0) is 36.0 Å². The summed E-state index contributed by atoms with van der Waals surface area (Å²) < 4.78 is 15.2. The molecule has 13 heteroatoms. The molecule has 0 saturated carbocycles. The molecule has 0 aliphatic carbocycles. The molecule has 0 unspecified atom stereocenters. The molecule has 1 amide bonds. The quantitative estimate of drug-likeness (QED) is 0.189. The van der Waals surface area contributed by atoms with Gasteiger partial charge in [0.15, 0.2) is 5.17 Å². The van der Waals surface area contributed by atoms with Gasteiger partial charge < -0.3 is 14.2 Å². The van der Waals surface area contributed by atoms with Gasteiger partial charge in [-0.2, -0.15) is 5.10 Å². The highest BCUT2D eigenvalue weighted by atomic mass is 32.2. The van der Waals surface area contributed by atoms with E-state index in [-0.39, 0.29) is 15.8 Å². The molecule has 0 radical (unpaired) electrons. The third-order valence-corrected chi connectivity index (χ3v) is 6.27. The molecule has 0 aromatic heterocycles. The van der Waals surface area contributed by atoms with Crippen LogP contribution in [0.5, 0.6) is 11.5 Å². The van der Waals surface area contributed by atoms with Crippen LogP contribution in [0.15, 0.2) is 67.4 Å². The topological polar surface area (TPSA) is 142 Å². The van der Waals surface area contributed by atoms with Crippen molar-refractivity contribution in [3.8, 4) is 11.5 Å². The summed E-state index contributed by atoms with van der Waals surface area (Å²) in [4.78, 5) is 35.5. The van der Waals surface area contributed by atoms with Crippen LogP contribution in [0.25, 0.3) is 0 Å². The van der Waals surface area contributed by atoms with E-state index in [0.29, 0.717) is 22.0 Å². The Bertz CT molecular complexity index is 1230. The molecule has 176 valence electrons. The fourth-order valence-corrected chi connectivity index (χ4v) is 4.38. The first kappa shape index (κ1) is 24.8. The zero-order chi connectivity index (χ0) is 24.7. The zero-order valence-corrected chi connectivity index (χ0v) is 19.8. The van der Waals surface area contributed by atoms with Crippen molar-refractivity contribution in [1.29, 1.82) is 0 Å². The van der Waals surface area contributed by atoms with E-state index in [1.807, 2.05) is 0 Å². The number of amidine groups is 1. The number of hydrogen-bond donors (Lipinski definition) is 1. The number of esters is 1. The number of non-ortho nitro benzene ring substituents is 1. The normalized spacial score (nSPS) is 15.6. The summed E-state index contributed by atoms with van der Waals surface area (Å²) in [6.45, 7) is 0. The number of carbonyl (C=O) groups is 2. The molecule has 0 bridgehead atoms. The highest BCUT2D eigenvalue weighted by molar-refractivity contribution is 8.18. The molecule has 0 atom stereocenters. The summed E-state index contributed by atoms with van der Waals surface area (Å²) in [7, 11) is 4.29. The lowest BCUT2D eigenvalue weighted by Crippen LogP contribution is -2.19. The van der Waals surface area contributed by atoms with Crippen LogP contribution in [0.1, 0.15) is 5.56 Å². The predicted octanol–water partition coefficient (Wildman–Crippen LogP) is 3.37. The molecule has 1 N–H and O–H groups in total. The number of methoxy groups -OCH3 is 3. The molecule has 2 aromatic carbocycles. The second-order valence-corrected chi connectivity index (χ2v) is 8.45. The molecular weight excluding hydrogens is 484 g/mol. The molecule has 3 rings (SSSR count). The second-order valence-electron chi connectivity index (χ2n) is 6.34. The number of nitrogens with zero attached hydrogens (tertiary/aromatic N) is 3. The molecule has 1 aliphatic rings. The van der Waals surface area contributed by atoms with Crippen molar-refractivity contribution < 1.29 is 28.7 Å². The van der Waals surface area contributed by atoms with Crippen molar-refractivity contribution in [2.24, 2.45) is 10.2 Å². The summed E-state index contributed by atoms with van der Waals surface area (Å²) in [6, 6.07) is 9.64. The minimum absolute atomic E-state index is 0.109. The van der Waals surface area contributed by atoms with Crippen LogP contribution in [0.2, 0.25) is 0 Å². The maximum Gasteiger partial charge on any atom is 0.331 e. The lowest BCUT2D eigenvalue weighted by Gasteiger charge is -2.11. The van der Waals surface area contributed by atoms with E-state index in [0.717, 1.165) is 22.7 Å². The van der Waals surface area contributed by atoms with E-state index in [1.165, 1.54) is 44.3 Å². The summed E-state index contributed by atoms with van der Waals surface area (Å²) in [5.41, 5.74) is 0.302. The maximum absolute atomic E-state index is 11.9. The van der Waals surface area contributed by atoms with Crippen LogP contribution >= 0.6 is 23.5 Å². The Morgan fingerprint density at radius 3 is 2.62 bits per heavy atom. The van der Waals surface area contributed by atoms with Gasteiger partial charge in [-0.15, -0.1) is 5.10 Å². The van der Waals surface area contributed by atoms with E-state index >= 15 is 0 Å². The smallest absolute Gasteiger partial charge is 0.331 e. The highest BCUT2D eigenvalue weighted by Crippen LogP contribution is 2.39. The van der Waals surface area contributed by atoms with Gasteiger partial charge in [0.2, 0.25) is 0 Å². The van der Waals surface area contributed by atoms with E-state index in [9.17, 15) is 19.7 Å². The molecular formula is C21H18N4O7S2. The number of carbonyl (C=O) groups excluding carboxylic acids is 2. The van der Waals surface area contributed by atoms with E-state index in [2.05, 4.69) is 20.3 Å². The van der Waals surface area contributed by atoms with Crippen molar-refractivity contribution in [2.75, 3.05) is 21.3 Å². The van der Waals surface area contributed by atoms with Crippen molar-refractivity contribution in [2.45, 2.75) is 9.79 Å². The number of nitrogens with one attached hydrogen (secondary N) is 1. The van der Waals surface area contributed by atoms with Crippen molar-refractivity contribution in [3.63, 3.8) is 0 Å². The monoisotopic (exact) mass is 502 g/mol. The van der Waals surface area contributed by atoms with Gasteiger partial charge in [-0.25, -0.2) is 4.79 Å². The summed E-state index contributed by atoms with van der Waals surface area (Å²) in [5.74, 6) is 0.0358. The van der Waals surface area contributed by atoms with Crippen LogP contribution in [0.3, 0.4) is 0 Å². The van der Waals surface area contributed by atoms with Gasteiger partial charge in [-0.1, -0.05) is 11.8 Å². The summed E-state index contributed by atoms with van der Waals surface area (Å²) in [6.07, 6.45) is 2.38. The molecule has 2 aromatic rings. The Kier molecular flexibility index (Phi) is 8.27. The van der Waals surface area contributed by atoms with Gasteiger partial charge in [-0.3, -0.25) is 20.2 Å². The molecule has 1 aliphatic heterocycles. The number of thioether (sulfide) groups is 1. The Labute approximate surface area is 202 Å². The fourth-order valence-electron chi connectivity index (χ4n) is 2.61. The van der Waals surface area contributed by atoms with Crippen LogP contribution < -0.4 is 14.8 Å². The number of nitro groups is 1. The fraction of sp³-hybridized carbons (Fsp3) is 0.143. The minimum atomic E-state index is -0.673. The molecule has 34 heavy (non-hydrogen) atoms. The number of nitro benzene ring substituents is 1. The first-order valence-corrected chi connectivity index (χ1v) is 11.1. The lowest BCUT2D eigenvalue weighted by atomic mass is 10.2. The SMILES string of the molecule is COC(=O)/C=C1/S/C(=N\N=Cc2cc([N+](=O)[O-])ccc2Sc2cc(OC)ccc2OC)NC1=O. The van der Waals surface area contributed by atoms with Crippen LogP contribution in [0.4, 0.5) is 5.69 Å².